The summed E-state index contributed by atoms with van der Waals surface area (Å²) in [6.45, 7) is 11.2. The number of carbonyl (C=O) groups excluding carboxylic acids is 1. The Labute approximate surface area is 210 Å². The van der Waals surface area contributed by atoms with Crippen molar-refractivity contribution in [3.05, 3.63) is 77.1 Å². The molecule has 0 radical (unpaired) electrons. The van der Waals surface area contributed by atoms with E-state index in [9.17, 15) is 4.79 Å². The molecule has 180 valence electrons. The topological polar surface area (TPSA) is 69.0 Å². The molecule has 34 heavy (non-hydrogen) atoms. The number of nitrogens with zero attached hydrogens (tertiary/aromatic N) is 3. The van der Waals surface area contributed by atoms with Gasteiger partial charge in [0.25, 0.3) is 0 Å². The minimum Gasteiger partial charge on any atom is -0.493 e. The Morgan fingerprint density at radius 1 is 1.24 bits per heavy atom. The molecule has 1 amide bonds. The van der Waals surface area contributed by atoms with E-state index in [1.54, 1.807) is 6.08 Å². The fourth-order valence-electron chi connectivity index (χ4n) is 3.39. The van der Waals surface area contributed by atoms with E-state index < -0.39 is 0 Å². The van der Waals surface area contributed by atoms with Crippen molar-refractivity contribution >= 4 is 35.0 Å². The van der Waals surface area contributed by atoms with E-state index in [0.29, 0.717) is 35.7 Å². The number of allylic oxidation sites excluding steroid dienone is 1. The van der Waals surface area contributed by atoms with Crippen LogP contribution in [0, 0.1) is 6.92 Å². The van der Waals surface area contributed by atoms with E-state index in [1.807, 2.05) is 54.0 Å². The maximum absolute atomic E-state index is 12.4. The summed E-state index contributed by atoms with van der Waals surface area (Å²) in [5.74, 6) is 2.31. The number of thioether (sulfide) groups is 1. The van der Waals surface area contributed by atoms with Gasteiger partial charge in [0.1, 0.15) is 11.6 Å². The van der Waals surface area contributed by atoms with Gasteiger partial charge in [-0.2, -0.15) is 0 Å². The second kappa shape index (κ2) is 12.6. The van der Waals surface area contributed by atoms with E-state index in [-0.39, 0.29) is 11.7 Å². The molecule has 2 aromatic carbocycles. The van der Waals surface area contributed by atoms with Crippen LogP contribution >= 0.6 is 23.4 Å². The zero-order valence-electron chi connectivity index (χ0n) is 19.9. The summed E-state index contributed by atoms with van der Waals surface area (Å²) in [6, 6.07) is 13.5. The zero-order valence-corrected chi connectivity index (χ0v) is 21.5. The van der Waals surface area contributed by atoms with Crippen LogP contribution in [0.15, 0.2) is 60.3 Å². The molecule has 3 aromatic rings. The van der Waals surface area contributed by atoms with Crippen LogP contribution in [-0.2, 0) is 17.8 Å². The van der Waals surface area contributed by atoms with Gasteiger partial charge in [0.05, 0.1) is 12.4 Å². The lowest BCUT2D eigenvalue weighted by molar-refractivity contribution is -0.113. The minimum atomic E-state index is -0.0799. The van der Waals surface area contributed by atoms with Crippen LogP contribution in [0.5, 0.6) is 5.75 Å². The summed E-state index contributed by atoms with van der Waals surface area (Å²) in [5, 5.41) is 13.0. The molecule has 0 unspecified atom stereocenters. The molecular formula is C26H31ClN4O2S. The number of anilines is 1. The third kappa shape index (κ3) is 7.37. The second-order valence-corrected chi connectivity index (χ2v) is 9.65. The highest BCUT2D eigenvalue weighted by Gasteiger charge is 2.14. The molecule has 1 N–H and O–H groups in total. The number of rotatable bonds is 12. The molecular weight excluding hydrogens is 468 g/mol. The summed E-state index contributed by atoms with van der Waals surface area (Å²) < 4.78 is 7.88. The summed E-state index contributed by atoms with van der Waals surface area (Å²) >= 11 is 7.37. The molecule has 0 bridgehead atoms. The molecule has 8 heteroatoms. The zero-order chi connectivity index (χ0) is 24.5. The molecule has 0 saturated carbocycles. The van der Waals surface area contributed by atoms with Gasteiger partial charge in [0.15, 0.2) is 5.16 Å². The van der Waals surface area contributed by atoms with E-state index in [2.05, 4.69) is 35.9 Å². The summed E-state index contributed by atoms with van der Waals surface area (Å²) in [6.07, 6.45) is 3.30. The van der Waals surface area contributed by atoms with Crippen molar-refractivity contribution in [1.29, 1.82) is 0 Å². The van der Waals surface area contributed by atoms with Crippen molar-refractivity contribution in [2.24, 2.45) is 0 Å². The highest BCUT2D eigenvalue weighted by molar-refractivity contribution is 7.99. The first-order chi connectivity index (χ1) is 16.4. The summed E-state index contributed by atoms with van der Waals surface area (Å²) in [7, 11) is 0. The number of halogens is 1. The molecule has 0 aliphatic heterocycles. The van der Waals surface area contributed by atoms with Gasteiger partial charge >= 0.3 is 0 Å². The Morgan fingerprint density at radius 2 is 2.00 bits per heavy atom. The number of nitrogens with one attached hydrogen (secondary N) is 1. The molecule has 0 saturated heterocycles. The molecule has 0 aliphatic rings. The Balaban J connectivity index is 1.51. The van der Waals surface area contributed by atoms with E-state index in [1.165, 1.54) is 17.3 Å². The van der Waals surface area contributed by atoms with Gasteiger partial charge in [-0.25, -0.2) is 0 Å². The number of hydrogen-bond acceptors (Lipinski definition) is 5. The minimum absolute atomic E-state index is 0.0799. The predicted molar refractivity (Wildman–Crippen MR) is 140 cm³/mol. The SMILES string of the molecule is C=CCn1c(CCCOc2ccc(Cl)cc2C)nnc1SCC(=O)Nc1ccc(C(C)C)cc1. The molecule has 0 atom stereocenters. The van der Waals surface area contributed by atoms with Gasteiger partial charge in [0.2, 0.25) is 5.91 Å². The molecule has 1 aromatic heterocycles. The van der Waals surface area contributed by atoms with Crippen LogP contribution in [0.4, 0.5) is 5.69 Å². The standard InChI is InChI=1S/C26H31ClN4O2S/c1-5-14-31-24(7-6-15-33-23-13-10-21(27)16-19(23)4)29-30-26(31)34-17-25(32)28-22-11-8-20(9-12-22)18(2)3/h5,8-13,16,18H,1,6-7,14-15,17H2,2-4H3,(H,28,32). The van der Waals surface area contributed by atoms with Gasteiger partial charge in [0, 0.05) is 23.7 Å². The van der Waals surface area contributed by atoms with Gasteiger partial charge in [-0.1, -0.05) is 55.4 Å². The van der Waals surface area contributed by atoms with Crippen LogP contribution in [-0.4, -0.2) is 33.0 Å². The normalized spacial score (nSPS) is 11.0. The van der Waals surface area contributed by atoms with Crippen molar-refractivity contribution in [3.63, 3.8) is 0 Å². The third-order valence-electron chi connectivity index (χ3n) is 5.24. The first kappa shape index (κ1) is 25.8. The fourth-order valence-corrected chi connectivity index (χ4v) is 4.38. The lowest BCUT2D eigenvalue weighted by atomic mass is 10.0. The van der Waals surface area contributed by atoms with Crippen LogP contribution in [0.25, 0.3) is 0 Å². The van der Waals surface area contributed by atoms with Crippen LogP contribution in [0.3, 0.4) is 0 Å². The van der Waals surface area contributed by atoms with Gasteiger partial charge in [-0.3, -0.25) is 4.79 Å². The molecule has 3 rings (SSSR count). The first-order valence-corrected chi connectivity index (χ1v) is 12.7. The predicted octanol–water partition coefficient (Wildman–Crippen LogP) is 6.29. The van der Waals surface area contributed by atoms with Crippen LogP contribution < -0.4 is 10.1 Å². The van der Waals surface area contributed by atoms with E-state index in [0.717, 1.165) is 29.2 Å². The Bertz CT molecular complexity index is 1110. The number of hydrogen-bond donors (Lipinski definition) is 1. The van der Waals surface area contributed by atoms with Gasteiger partial charge < -0.3 is 14.6 Å². The lowest BCUT2D eigenvalue weighted by Gasteiger charge is -2.10. The highest BCUT2D eigenvalue weighted by Crippen LogP contribution is 2.23. The maximum atomic E-state index is 12.4. The number of aromatic nitrogens is 3. The van der Waals surface area contributed by atoms with E-state index in [4.69, 9.17) is 16.3 Å². The quantitative estimate of drug-likeness (QED) is 0.180. The first-order valence-electron chi connectivity index (χ1n) is 11.3. The summed E-state index contributed by atoms with van der Waals surface area (Å²) in [4.78, 5) is 12.4. The Morgan fingerprint density at radius 3 is 2.68 bits per heavy atom. The van der Waals surface area contributed by atoms with Crippen molar-refractivity contribution in [1.82, 2.24) is 14.8 Å². The fraction of sp³-hybridized carbons (Fsp3) is 0.346. The molecule has 1 heterocycles. The number of amides is 1. The average Bonchev–Trinajstić information content (AvgIpc) is 3.18. The molecule has 6 nitrogen and oxygen atoms in total. The summed E-state index contributed by atoms with van der Waals surface area (Å²) in [5.41, 5.74) is 3.04. The second-order valence-electron chi connectivity index (χ2n) is 8.27. The number of ether oxygens (including phenoxy) is 1. The lowest BCUT2D eigenvalue weighted by Crippen LogP contribution is -2.15. The van der Waals surface area contributed by atoms with Gasteiger partial charge in [-0.15, -0.1) is 16.8 Å². The number of benzene rings is 2. The van der Waals surface area contributed by atoms with Crippen molar-refractivity contribution in [3.8, 4) is 5.75 Å². The number of carbonyl (C=O) groups is 1. The van der Waals surface area contributed by atoms with Crippen molar-refractivity contribution < 1.29 is 9.53 Å². The Hall–Kier alpha value is -2.77. The highest BCUT2D eigenvalue weighted by atomic mass is 35.5. The maximum Gasteiger partial charge on any atom is 0.234 e. The molecule has 0 spiro atoms. The Kier molecular flexibility index (Phi) is 9.60. The van der Waals surface area contributed by atoms with Gasteiger partial charge in [-0.05, 0) is 60.7 Å². The smallest absolute Gasteiger partial charge is 0.234 e. The van der Waals surface area contributed by atoms with E-state index >= 15 is 0 Å². The molecule has 0 fully saturated rings. The third-order valence-corrected chi connectivity index (χ3v) is 6.44. The van der Waals surface area contributed by atoms with Crippen LogP contribution in [0.1, 0.15) is 43.1 Å². The largest absolute Gasteiger partial charge is 0.493 e. The number of aryl methyl sites for hydroxylation is 2. The van der Waals surface area contributed by atoms with Crippen molar-refractivity contribution in [2.45, 2.75) is 51.2 Å². The monoisotopic (exact) mass is 498 g/mol. The van der Waals surface area contributed by atoms with Crippen molar-refractivity contribution in [2.75, 3.05) is 17.7 Å². The van der Waals surface area contributed by atoms with Crippen LogP contribution in [0.2, 0.25) is 5.02 Å². The molecule has 0 aliphatic carbocycles. The average molecular weight is 499 g/mol.